The molecular weight excluding hydrogens is 187 g/mol. The predicted octanol–water partition coefficient (Wildman–Crippen LogP) is -1.83. The van der Waals surface area contributed by atoms with Gasteiger partial charge in [-0.15, -0.1) is 0 Å². The Balaban J connectivity index is 3.65. The van der Waals surface area contributed by atoms with Gasteiger partial charge in [-0.2, -0.15) is 0 Å². The van der Waals surface area contributed by atoms with Gasteiger partial charge in [-0.3, -0.25) is 4.79 Å². The second kappa shape index (κ2) is 4.69. The Labute approximate surface area is 69.4 Å². The maximum atomic E-state index is 10.3. The SMILES string of the molecule is CC(=O)C[C@H](O)COP(=O)([O-])[O-]. The molecule has 0 rings (SSSR count). The highest BCUT2D eigenvalue weighted by atomic mass is 31.2. The molecule has 12 heavy (non-hydrogen) atoms. The molecule has 1 N–H and O–H groups in total. The molecule has 72 valence electrons. The summed E-state index contributed by atoms with van der Waals surface area (Å²) in [6.45, 7) is 0.570. The summed E-state index contributed by atoms with van der Waals surface area (Å²) in [7, 11) is -5.03. The summed E-state index contributed by atoms with van der Waals surface area (Å²) in [5.74, 6) is -0.308. The summed E-state index contributed by atoms with van der Waals surface area (Å²) in [5, 5.41) is 8.84. The van der Waals surface area contributed by atoms with E-state index in [2.05, 4.69) is 4.52 Å². The number of carbonyl (C=O) groups excluding carboxylic acids is 1. The van der Waals surface area contributed by atoms with Crippen LogP contribution in [0.15, 0.2) is 0 Å². The molecule has 0 aliphatic rings. The van der Waals surface area contributed by atoms with E-state index in [1.807, 2.05) is 0 Å². The first kappa shape index (κ1) is 11.7. The van der Waals surface area contributed by atoms with Gasteiger partial charge in [-0.05, 0) is 6.92 Å². The summed E-state index contributed by atoms with van der Waals surface area (Å²) in [5.41, 5.74) is 0. The predicted molar refractivity (Wildman–Crippen MR) is 34.9 cm³/mol. The summed E-state index contributed by atoms with van der Waals surface area (Å²) >= 11 is 0. The van der Waals surface area contributed by atoms with Crippen LogP contribution in [-0.2, 0) is 13.9 Å². The Bertz CT molecular complexity index is 196. The first-order valence-electron chi connectivity index (χ1n) is 3.15. The van der Waals surface area contributed by atoms with Crippen LogP contribution in [-0.4, -0.2) is 23.6 Å². The summed E-state index contributed by atoms with van der Waals surface area (Å²) in [4.78, 5) is 30.1. The zero-order valence-electron chi connectivity index (χ0n) is 6.43. The van der Waals surface area contributed by atoms with Crippen molar-refractivity contribution >= 4 is 13.6 Å². The lowest BCUT2D eigenvalue weighted by molar-refractivity contribution is -0.342. The Morgan fingerprint density at radius 1 is 1.67 bits per heavy atom. The first-order chi connectivity index (χ1) is 5.31. The topological polar surface area (TPSA) is 110 Å². The molecule has 0 aromatic carbocycles. The number of hydrogen-bond acceptors (Lipinski definition) is 6. The van der Waals surface area contributed by atoms with E-state index in [9.17, 15) is 19.1 Å². The summed E-state index contributed by atoms with van der Waals surface area (Å²) in [6, 6.07) is 0. The quantitative estimate of drug-likeness (QED) is 0.518. The Kier molecular flexibility index (Phi) is 4.59. The van der Waals surface area contributed by atoms with Crippen LogP contribution in [0, 0.1) is 0 Å². The molecule has 0 fully saturated rings. The third kappa shape index (κ3) is 7.84. The van der Waals surface area contributed by atoms with Crippen molar-refractivity contribution in [1.82, 2.24) is 0 Å². The molecular formula is C5H9O6P-2. The van der Waals surface area contributed by atoms with E-state index in [1.165, 1.54) is 6.92 Å². The molecule has 6 nitrogen and oxygen atoms in total. The van der Waals surface area contributed by atoms with Gasteiger partial charge in [0, 0.05) is 6.42 Å². The van der Waals surface area contributed by atoms with Crippen molar-refractivity contribution in [3.8, 4) is 0 Å². The number of ketones is 1. The minimum absolute atomic E-state index is 0.222. The van der Waals surface area contributed by atoms with Gasteiger partial charge in [0.1, 0.15) is 5.78 Å². The van der Waals surface area contributed by atoms with E-state index in [-0.39, 0.29) is 12.2 Å². The fourth-order valence-electron chi connectivity index (χ4n) is 0.568. The van der Waals surface area contributed by atoms with Crippen molar-refractivity contribution in [2.24, 2.45) is 0 Å². The molecule has 1 atom stereocenters. The fourth-order valence-corrected chi connectivity index (χ4v) is 0.923. The fraction of sp³-hybridized carbons (Fsp3) is 0.800. The van der Waals surface area contributed by atoms with E-state index in [4.69, 9.17) is 5.11 Å². The normalized spacial score (nSPS) is 14.3. The minimum atomic E-state index is -5.03. The van der Waals surface area contributed by atoms with Gasteiger partial charge in [-0.25, -0.2) is 0 Å². The summed E-state index contributed by atoms with van der Waals surface area (Å²) < 4.78 is 13.6. The van der Waals surface area contributed by atoms with Crippen LogP contribution in [0.25, 0.3) is 0 Å². The Morgan fingerprint density at radius 3 is 2.50 bits per heavy atom. The number of phosphoric acid groups is 1. The van der Waals surface area contributed by atoms with E-state index in [0.29, 0.717) is 0 Å². The van der Waals surface area contributed by atoms with Crippen LogP contribution in [0.3, 0.4) is 0 Å². The highest BCUT2D eigenvalue weighted by Crippen LogP contribution is 2.24. The lowest BCUT2D eigenvalue weighted by atomic mass is 10.2. The van der Waals surface area contributed by atoms with Crippen LogP contribution in [0.5, 0.6) is 0 Å². The number of carbonyl (C=O) groups is 1. The van der Waals surface area contributed by atoms with Crippen LogP contribution >= 0.6 is 7.82 Å². The number of hydrogen-bond donors (Lipinski definition) is 1. The van der Waals surface area contributed by atoms with Crippen molar-refractivity contribution in [1.29, 1.82) is 0 Å². The molecule has 0 aromatic heterocycles. The van der Waals surface area contributed by atoms with E-state index in [1.54, 1.807) is 0 Å². The van der Waals surface area contributed by atoms with Gasteiger partial charge >= 0.3 is 0 Å². The average molecular weight is 196 g/mol. The molecule has 7 heteroatoms. The highest BCUT2D eigenvalue weighted by Gasteiger charge is 2.07. The second-order valence-electron chi connectivity index (χ2n) is 2.30. The number of aliphatic hydroxyl groups is 1. The largest absolute Gasteiger partial charge is 0.790 e. The van der Waals surface area contributed by atoms with Crippen molar-refractivity contribution in [2.75, 3.05) is 6.61 Å². The van der Waals surface area contributed by atoms with Gasteiger partial charge in [-0.1, -0.05) is 0 Å². The molecule has 0 aliphatic heterocycles. The number of aliphatic hydroxyl groups excluding tert-OH is 1. The third-order valence-corrected chi connectivity index (χ3v) is 1.41. The average Bonchev–Trinajstić information content (AvgIpc) is 1.80. The Morgan fingerprint density at radius 2 is 2.17 bits per heavy atom. The lowest BCUT2D eigenvalue weighted by Crippen LogP contribution is -2.23. The van der Waals surface area contributed by atoms with Gasteiger partial charge in [0.25, 0.3) is 0 Å². The lowest BCUT2D eigenvalue weighted by Gasteiger charge is -2.29. The van der Waals surface area contributed by atoms with Gasteiger partial charge < -0.3 is 24.0 Å². The number of rotatable bonds is 5. The highest BCUT2D eigenvalue weighted by molar-refractivity contribution is 7.43. The molecule has 0 radical (unpaired) electrons. The molecule has 0 amide bonds. The smallest absolute Gasteiger partial charge is 0.132 e. The van der Waals surface area contributed by atoms with Crippen LogP contribution in [0.1, 0.15) is 13.3 Å². The molecule has 0 unspecified atom stereocenters. The van der Waals surface area contributed by atoms with E-state index in [0.717, 1.165) is 0 Å². The zero-order chi connectivity index (χ0) is 9.78. The second-order valence-corrected chi connectivity index (χ2v) is 3.46. The third-order valence-electron chi connectivity index (χ3n) is 0.948. The zero-order valence-corrected chi connectivity index (χ0v) is 7.32. The maximum absolute atomic E-state index is 10.3. The standard InChI is InChI=1S/C5H11O6P/c1-4(6)2-5(7)3-11-12(8,9)10/h5,7H,2-3H2,1H3,(H2,8,9,10)/p-2/t5-/m0/s1. The number of Topliss-reactive ketones (excluding diaryl/α,β-unsaturated/α-hetero) is 1. The maximum Gasteiger partial charge on any atom is 0.132 e. The van der Waals surface area contributed by atoms with Crippen molar-refractivity contribution in [3.63, 3.8) is 0 Å². The monoisotopic (exact) mass is 196 g/mol. The van der Waals surface area contributed by atoms with Gasteiger partial charge in [0.05, 0.1) is 20.5 Å². The molecule has 0 bridgehead atoms. The first-order valence-corrected chi connectivity index (χ1v) is 4.61. The van der Waals surface area contributed by atoms with Crippen molar-refractivity contribution in [2.45, 2.75) is 19.4 Å². The van der Waals surface area contributed by atoms with E-state index < -0.39 is 20.5 Å². The Hall–Kier alpha value is -0.260. The van der Waals surface area contributed by atoms with Crippen LogP contribution in [0.4, 0.5) is 0 Å². The van der Waals surface area contributed by atoms with Gasteiger partial charge in [0.2, 0.25) is 0 Å². The molecule has 0 aromatic rings. The minimum Gasteiger partial charge on any atom is -0.790 e. The van der Waals surface area contributed by atoms with E-state index >= 15 is 0 Å². The van der Waals surface area contributed by atoms with Crippen LogP contribution in [0.2, 0.25) is 0 Å². The molecule has 0 saturated heterocycles. The summed E-state index contributed by atoms with van der Waals surface area (Å²) in [6.07, 6.45) is -1.46. The molecule has 0 aliphatic carbocycles. The molecule has 0 spiro atoms. The molecule has 0 heterocycles. The van der Waals surface area contributed by atoms with Gasteiger partial charge in [0.15, 0.2) is 0 Å². The number of phosphoric ester groups is 1. The molecule has 0 saturated carbocycles. The van der Waals surface area contributed by atoms with Crippen molar-refractivity contribution < 1.29 is 28.8 Å². The van der Waals surface area contributed by atoms with Crippen LogP contribution < -0.4 is 9.79 Å². The van der Waals surface area contributed by atoms with Crippen molar-refractivity contribution in [3.05, 3.63) is 0 Å².